The average Bonchev–Trinajstić information content (AvgIpc) is 2.73. The van der Waals surface area contributed by atoms with Crippen LogP contribution in [0.5, 0.6) is 0 Å². The van der Waals surface area contributed by atoms with Crippen LogP contribution in [0.15, 0.2) is 17.2 Å². The fourth-order valence-corrected chi connectivity index (χ4v) is 4.08. The summed E-state index contributed by atoms with van der Waals surface area (Å²) >= 11 is 0. The quantitative estimate of drug-likeness (QED) is 0.869. The summed E-state index contributed by atoms with van der Waals surface area (Å²) in [5.74, 6) is 0. The second-order valence-electron chi connectivity index (χ2n) is 7.66. The van der Waals surface area contributed by atoms with E-state index in [4.69, 9.17) is 0 Å². The van der Waals surface area contributed by atoms with Crippen molar-refractivity contribution in [1.82, 2.24) is 20.0 Å². The van der Waals surface area contributed by atoms with E-state index in [1.165, 1.54) is 6.42 Å². The van der Waals surface area contributed by atoms with Gasteiger partial charge in [0.15, 0.2) is 0 Å². The number of aromatic nitrogens is 4. The first-order valence-electron chi connectivity index (χ1n) is 7.18. The Balaban J connectivity index is 2.06. The molecule has 0 saturated heterocycles. The molecule has 0 atom stereocenters. The van der Waals surface area contributed by atoms with Crippen LogP contribution in [-0.4, -0.2) is 20.0 Å². The van der Waals surface area contributed by atoms with Gasteiger partial charge in [0, 0.05) is 0 Å². The Morgan fingerprint density at radius 1 is 1.20 bits per heavy atom. The molecule has 0 amide bonds. The van der Waals surface area contributed by atoms with E-state index in [1.807, 2.05) is 0 Å². The molecule has 5 nitrogen and oxygen atoms in total. The Bertz CT molecular complexity index is 679. The first-order valence-corrected chi connectivity index (χ1v) is 7.18. The Hall–Kier alpha value is -1.65. The van der Waals surface area contributed by atoms with Crippen molar-refractivity contribution in [2.75, 3.05) is 0 Å². The SMILES string of the molecule is CC1(C)CC(n2ncc3[nH]ncc3c2=O)CC(C)(C)C1. The molecule has 2 aromatic rings. The fraction of sp³-hybridized carbons (Fsp3) is 0.667. The van der Waals surface area contributed by atoms with Gasteiger partial charge in [0.2, 0.25) is 0 Å². The highest BCUT2D eigenvalue weighted by Gasteiger charge is 2.39. The van der Waals surface area contributed by atoms with Gasteiger partial charge in [-0.3, -0.25) is 9.89 Å². The monoisotopic (exact) mass is 274 g/mol. The number of hydrogen-bond donors (Lipinski definition) is 1. The Kier molecular flexibility index (Phi) is 2.78. The van der Waals surface area contributed by atoms with Crippen molar-refractivity contribution in [3.8, 4) is 0 Å². The van der Waals surface area contributed by atoms with Gasteiger partial charge >= 0.3 is 0 Å². The largest absolute Gasteiger partial charge is 0.278 e. The highest BCUT2D eigenvalue weighted by Crippen LogP contribution is 2.49. The molecule has 1 fully saturated rings. The van der Waals surface area contributed by atoms with Crippen LogP contribution in [0.4, 0.5) is 0 Å². The summed E-state index contributed by atoms with van der Waals surface area (Å²) in [4.78, 5) is 12.6. The molecule has 0 unspecified atom stereocenters. The molecule has 1 saturated carbocycles. The third kappa shape index (κ3) is 2.25. The van der Waals surface area contributed by atoms with Crippen LogP contribution in [-0.2, 0) is 0 Å². The molecule has 3 rings (SSSR count). The van der Waals surface area contributed by atoms with Crippen LogP contribution in [0.3, 0.4) is 0 Å². The second-order valence-corrected chi connectivity index (χ2v) is 7.66. The van der Waals surface area contributed by atoms with Gasteiger partial charge in [-0.25, -0.2) is 4.68 Å². The Morgan fingerprint density at radius 2 is 1.85 bits per heavy atom. The van der Waals surface area contributed by atoms with Gasteiger partial charge in [-0.15, -0.1) is 0 Å². The second kappa shape index (κ2) is 4.17. The van der Waals surface area contributed by atoms with Crippen LogP contribution >= 0.6 is 0 Å². The molecule has 0 bridgehead atoms. The molecular formula is C15H22N4O. The van der Waals surface area contributed by atoms with Crippen molar-refractivity contribution in [3.05, 3.63) is 22.7 Å². The fourth-order valence-electron chi connectivity index (χ4n) is 4.08. The zero-order chi connectivity index (χ0) is 14.5. The van der Waals surface area contributed by atoms with Crippen molar-refractivity contribution >= 4 is 10.9 Å². The number of hydrogen-bond acceptors (Lipinski definition) is 3. The van der Waals surface area contributed by atoms with E-state index >= 15 is 0 Å². The summed E-state index contributed by atoms with van der Waals surface area (Å²) in [5, 5.41) is 11.7. The third-order valence-electron chi connectivity index (χ3n) is 4.30. The van der Waals surface area contributed by atoms with Crippen molar-refractivity contribution < 1.29 is 0 Å². The minimum absolute atomic E-state index is 0.0326. The van der Waals surface area contributed by atoms with Crippen LogP contribution in [0.25, 0.3) is 10.9 Å². The molecule has 0 radical (unpaired) electrons. The van der Waals surface area contributed by atoms with E-state index in [0.717, 1.165) is 12.8 Å². The lowest BCUT2D eigenvalue weighted by Crippen LogP contribution is -2.39. The Labute approximate surface area is 118 Å². The minimum Gasteiger partial charge on any atom is -0.276 e. The van der Waals surface area contributed by atoms with E-state index in [0.29, 0.717) is 10.9 Å². The van der Waals surface area contributed by atoms with Gasteiger partial charge in [-0.05, 0) is 30.1 Å². The van der Waals surface area contributed by atoms with E-state index in [2.05, 4.69) is 43.0 Å². The Morgan fingerprint density at radius 3 is 2.50 bits per heavy atom. The first-order chi connectivity index (χ1) is 9.27. The van der Waals surface area contributed by atoms with Gasteiger partial charge in [0.05, 0.1) is 29.3 Å². The van der Waals surface area contributed by atoms with Crippen LogP contribution in [0.1, 0.15) is 53.0 Å². The summed E-state index contributed by atoms with van der Waals surface area (Å²) in [7, 11) is 0. The average molecular weight is 274 g/mol. The number of nitrogens with one attached hydrogen (secondary N) is 1. The molecule has 5 heteroatoms. The number of nitrogens with zero attached hydrogens (tertiary/aromatic N) is 3. The molecule has 1 aliphatic carbocycles. The van der Waals surface area contributed by atoms with Gasteiger partial charge in [-0.1, -0.05) is 27.7 Å². The zero-order valence-electron chi connectivity index (χ0n) is 12.6. The zero-order valence-corrected chi connectivity index (χ0v) is 12.6. The van der Waals surface area contributed by atoms with Crippen molar-refractivity contribution in [2.24, 2.45) is 10.8 Å². The predicted molar refractivity (Wildman–Crippen MR) is 78.6 cm³/mol. The standard InChI is InChI=1S/C15H22N4O/c1-14(2)5-10(6-15(3,4)9-14)19-13(20)11-7-16-18-12(11)8-17-19/h7-8,10H,5-6,9H2,1-4H3,(H,16,18). The third-order valence-corrected chi connectivity index (χ3v) is 4.30. The molecule has 2 aromatic heterocycles. The lowest BCUT2D eigenvalue weighted by Gasteiger charge is -2.44. The number of fused-ring (bicyclic) bond motifs is 1. The van der Waals surface area contributed by atoms with Gasteiger partial charge in [0.1, 0.15) is 0 Å². The number of rotatable bonds is 1. The lowest BCUT2D eigenvalue weighted by molar-refractivity contribution is 0.0654. The van der Waals surface area contributed by atoms with E-state index in [-0.39, 0.29) is 22.4 Å². The smallest absolute Gasteiger partial charge is 0.276 e. The highest BCUT2D eigenvalue weighted by molar-refractivity contribution is 5.75. The van der Waals surface area contributed by atoms with Gasteiger partial charge in [-0.2, -0.15) is 10.2 Å². The van der Waals surface area contributed by atoms with Gasteiger partial charge < -0.3 is 0 Å². The van der Waals surface area contributed by atoms with Crippen molar-refractivity contribution in [2.45, 2.75) is 53.0 Å². The summed E-state index contributed by atoms with van der Waals surface area (Å²) in [6.07, 6.45) is 6.46. The predicted octanol–water partition coefficient (Wildman–Crippen LogP) is 2.90. The minimum atomic E-state index is -0.0326. The molecular weight excluding hydrogens is 252 g/mol. The summed E-state index contributed by atoms with van der Waals surface area (Å²) in [6, 6.07) is 0.167. The van der Waals surface area contributed by atoms with Crippen LogP contribution in [0, 0.1) is 10.8 Å². The molecule has 0 aliphatic heterocycles. The van der Waals surface area contributed by atoms with Crippen LogP contribution in [0.2, 0.25) is 0 Å². The lowest BCUT2D eigenvalue weighted by atomic mass is 9.63. The normalized spacial score (nSPS) is 22.2. The molecule has 2 heterocycles. The van der Waals surface area contributed by atoms with E-state index in [1.54, 1.807) is 17.1 Å². The summed E-state index contributed by atoms with van der Waals surface area (Å²) in [5.41, 5.74) is 1.15. The molecule has 0 aromatic carbocycles. The van der Waals surface area contributed by atoms with Crippen molar-refractivity contribution in [3.63, 3.8) is 0 Å². The summed E-state index contributed by atoms with van der Waals surface area (Å²) in [6.45, 7) is 9.12. The topological polar surface area (TPSA) is 63.6 Å². The van der Waals surface area contributed by atoms with E-state index < -0.39 is 0 Å². The van der Waals surface area contributed by atoms with Crippen molar-refractivity contribution in [1.29, 1.82) is 0 Å². The molecule has 1 N–H and O–H groups in total. The molecule has 0 spiro atoms. The van der Waals surface area contributed by atoms with E-state index in [9.17, 15) is 4.79 Å². The number of H-pyrrole nitrogens is 1. The maximum absolute atomic E-state index is 12.6. The van der Waals surface area contributed by atoms with Gasteiger partial charge in [0.25, 0.3) is 5.56 Å². The molecule has 20 heavy (non-hydrogen) atoms. The van der Waals surface area contributed by atoms with Crippen LogP contribution < -0.4 is 5.56 Å². The highest BCUT2D eigenvalue weighted by atomic mass is 16.1. The maximum Gasteiger partial charge on any atom is 0.278 e. The molecule has 1 aliphatic rings. The maximum atomic E-state index is 12.6. The summed E-state index contributed by atoms with van der Waals surface area (Å²) < 4.78 is 1.67. The molecule has 108 valence electrons. The number of aromatic amines is 1. The first kappa shape index (κ1) is 13.3.